The Kier molecular flexibility index (Phi) is 27.4. The summed E-state index contributed by atoms with van der Waals surface area (Å²) in [6, 6.07) is 45.8. The Labute approximate surface area is 673 Å². The van der Waals surface area contributed by atoms with E-state index < -0.39 is 54.3 Å². The number of nitro groups is 3. The number of piperazine rings is 3. The zero-order chi connectivity index (χ0) is 78.0. The largest absolute Gasteiger partial charge is 0.362 e. The third-order valence-electron chi connectivity index (χ3n) is 19.4. The monoisotopic (exact) mass is 1640 g/mol. The molecule has 0 radical (unpaired) electrons. The first-order valence-electron chi connectivity index (χ1n) is 34.2. The molecule has 3 fully saturated rings. The first-order chi connectivity index (χ1) is 52.1. The van der Waals surface area contributed by atoms with E-state index in [9.17, 15) is 63.5 Å². The summed E-state index contributed by atoms with van der Waals surface area (Å²) < 4.78 is 17.6. The SMILES string of the molecule is C.C.C.Cc1ccc2c(c1)c(N1CCN(C(=O)c3ccc(Cl)c(Cl)c3)CC1)c([N+](=O)[O-])c(=O)n2C.Cc1ccc2c(c1)c(N1CCN(C(=O)c3ccc(Cl)c(Cl)c3)CC1)c([N+](=O)[O-])c(=O)n2Cc1ccc(F)cc1.Cc1ccc2c(c1)c(N1CCN(C(=O)c3ccc(Cl)c(Cl)c3)CC1)c([N+](=O)[O-])c(=O)n2Cc1ccccc1. The molecule has 31 heteroatoms. The quantitative estimate of drug-likeness (QED) is 0.0767. The number of carbonyl (C=O) groups is 3. The molecule has 3 aromatic heterocycles. The molecule has 3 amide bonds. The van der Waals surface area contributed by atoms with Crippen molar-refractivity contribution in [1.82, 2.24) is 28.4 Å². The number of carbonyl (C=O) groups excluding carboxylic acids is 3. The maximum absolute atomic E-state index is 13.6. The fraction of sp³-hybridized carbons (Fsp3) is 0.259. The van der Waals surface area contributed by atoms with Gasteiger partial charge in [-0.1, -0.05) is 169 Å². The lowest BCUT2D eigenvalue weighted by molar-refractivity contribution is -0.385. The lowest BCUT2D eigenvalue weighted by Crippen LogP contribution is -2.49. The molecule has 0 saturated carbocycles. The summed E-state index contributed by atoms with van der Waals surface area (Å²) in [4.78, 5) is 124. The van der Waals surface area contributed by atoms with E-state index in [1.54, 1.807) is 80.3 Å². The van der Waals surface area contributed by atoms with Crippen molar-refractivity contribution in [1.29, 1.82) is 0 Å². The number of hydrogen-bond donors (Lipinski definition) is 0. The van der Waals surface area contributed by atoms with Crippen LogP contribution in [-0.4, -0.2) is 139 Å². The molecule has 3 saturated heterocycles. The molecule has 0 aliphatic carbocycles. The van der Waals surface area contributed by atoms with Crippen molar-refractivity contribution in [2.24, 2.45) is 7.05 Å². The molecule has 0 bridgehead atoms. The molecule has 0 unspecified atom stereocenters. The number of anilines is 3. The predicted octanol–water partition coefficient (Wildman–Crippen LogP) is 17.1. The molecule has 11 aromatic rings. The molecular weight excluding hydrogens is 1560 g/mol. The zero-order valence-corrected chi connectivity index (χ0v) is 63.4. The highest BCUT2D eigenvalue weighted by atomic mass is 35.5. The van der Waals surface area contributed by atoms with Gasteiger partial charge in [-0.25, -0.2) is 4.39 Å². The van der Waals surface area contributed by atoms with E-state index in [4.69, 9.17) is 69.6 Å². The van der Waals surface area contributed by atoms with Gasteiger partial charge in [0.2, 0.25) is 0 Å². The van der Waals surface area contributed by atoms with Gasteiger partial charge in [0.1, 0.15) is 22.9 Å². The van der Waals surface area contributed by atoms with Crippen molar-refractivity contribution >= 4 is 154 Å². The Balaban J connectivity index is 0.000000191. The van der Waals surface area contributed by atoms with Crippen molar-refractivity contribution in [2.75, 3.05) is 93.2 Å². The number of fused-ring (bicyclic) bond motifs is 3. The molecule has 112 heavy (non-hydrogen) atoms. The van der Waals surface area contributed by atoms with Crippen LogP contribution in [0, 0.1) is 56.9 Å². The number of aryl methyl sites for hydroxylation is 4. The average Bonchev–Trinajstić information content (AvgIpc) is 0.753. The van der Waals surface area contributed by atoms with Crippen LogP contribution in [0.3, 0.4) is 0 Å². The number of nitrogens with zero attached hydrogens (tertiary/aromatic N) is 12. The van der Waals surface area contributed by atoms with E-state index in [-0.39, 0.29) is 63.8 Å². The third kappa shape index (κ3) is 17.8. The van der Waals surface area contributed by atoms with Gasteiger partial charge in [-0.05, 0) is 135 Å². The molecule has 24 nitrogen and oxygen atoms in total. The van der Waals surface area contributed by atoms with Crippen LogP contribution in [0.2, 0.25) is 30.1 Å². The predicted molar refractivity (Wildman–Crippen MR) is 445 cm³/mol. The summed E-state index contributed by atoms with van der Waals surface area (Å²) >= 11 is 36.1. The molecule has 0 atom stereocenters. The smallest absolute Gasteiger partial charge is 0.357 e. The Bertz CT molecular complexity index is 5690. The number of rotatable bonds is 13. The van der Waals surface area contributed by atoms with E-state index >= 15 is 0 Å². The van der Waals surface area contributed by atoms with Crippen LogP contribution in [0.15, 0.2) is 178 Å². The average molecular weight is 1640 g/mol. The zero-order valence-electron chi connectivity index (χ0n) is 58.9. The van der Waals surface area contributed by atoms with Crippen LogP contribution < -0.4 is 31.4 Å². The van der Waals surface area contributed by atoms with E-state index in [2.05, 4.69) is 0 Å². The minimum absolute atomic E-state index is 0. The van der Waals surface area contributed by atoms with Crippen LogP contribution >= 0.6 is 69.6 Å². The van der Waals surface area contributed by atoms with E-state index in [0.717, 1.165) is 22.3 Å². The van der Waals surface area contributed by atoms with Crippen molar-refractivity contribution < 1.29 is 33.5 Å². The van der Waals surface area contributed by atoms with Gasteiger partial charge >= 0.3 is 33.7 Å². The summed E-state index contributed by atoms with van der Waals surface area (Å²) in [5.41, 5.74) is 4.60. The van der Waals surface area contributed by atoms with Gasteiger partial charge in [0.05, 0.1) is 74.5 Å². The fourth-order valence-corrected chi connectivity index (χ4v) is 14.7. The van der Waals surface area contributed by atoms with E-state index in [0.29, 0.717) is 170 Å². The van der Waals surface area contributed by atoms with Crippen molar-refractivity contribution in [3.8, 4) is 0 Å². The molecule has 8 aromatic carbocycles. The highest BCUT2D eigenvalue weighted by Crippen LogP contribution is 2.40. The highest BCUT2D eigenvalue weighted by Gasteiger charge is 2.37. The molecule has 0 spiro atoms. The van der Waals surface area contributed by atoms with Crippen LogP contribution in [0.25, 0.3) is 32.7 Å². The first-order valence-corrected chi connectivity index (χ1v) is 36.5. The molecular formula is C81H79Cl6FN12O12. The summed E-state index contributed by atoms with van der Waals surface area (Å²) in [6.45, 7) is 9.83. The van der Waals surface area contributed by atoms with Crippen LogP contribution in [0.4, 0.5) is 38.5 Å². The molecule has 6 heterocycles. The van der Waals surface area contributed by atoms with Gasteiger partial charge in [-0.2, -0.15) is 0 Å². The Morgan fingerprint density at radius 1 is 0.375 bits per heavy atom. The normalized spacial score (nSPS) is 13.4. The molecule has 584 valence electrons. The lowest BCUT2D eigenvalue weighted by atomic mass is 10.1. The lowest BCUT2D eigenvalue weighted by Gasteiger charge is -2.36. The molecule has 3 aliphatic rings. The molecule has 0 N–H and O–H groups in total. The Morgan fingerprint density at radius 2 is 0.670 bits per heavy atom. The van der Waals surface area contributed by atoms with Crippen LogP contribution in [0.1, 0.15) is 81.2 Å². The second-order valence-electron chi connectivity index (χ2n) is 26.4. The number of hydrogen-bond acceptors (Lipinski definition) is 15. The minimum atomic E-state index is -0.745. The maximum Gasteiger partial charge on any atom is 0.357 e. The second-order valence-corrected chi connectivity index (χ2v) is 28.9. The van der Waals surface area contributed by atoms with Gasteiger partial charge in [-0.3, -0.25) is 68.2 Å². The molecule has 14 rings (SSSR count). The maximum atomic E-state index is 13.6. The van der Waals surface area contributed by atoms with Crippen molar-refractivity contribution in [3.63, 3.8) is 0 Å². The van der Waals surface area contributed by atoms with Crippen molar-refractivity contribution in [2.45, 2.75) is 56.1 Å². The second kappa shape index (κ2) is 36.0. The van der Waals surface area contributed by atoms with Gasteiger partial charge in [0.25, 0.3) is 17.7 Å². The Morgan fingerprint density at radius 3 is 0.982 bits per heavy atom. The van der Waals surface area contributed by atoms with Crippen LogP contribution in [-0.2, 0) is 20.1 Å². The van der Waals surface area contributed by atoms with Gasteiger partial charge < -0.3 is 34.0 Å². The number of aromatic nitrogens is 3. The summed E-state index contributed by atoms with van der Waals surface area (Å²) in [6.07, 6.45) is 0. The van der Waals surface area contributed by atoms with Crippen LogP contribution in [0.5, 0.6) is 0 Å². The Hall–Kier alpha value is -10.9. The number of amides is 3. The first kappa shape index (κ1) is 85.1. The van der Waals surface area contributed by atoms with Gasteiger partial charge in [-0.15, -0.1) is 0 Å². The van der Waals surface area contributed by atoms with Gasteiger partial charge in [0, 0.05) is 118 Å². The summed E-state index contributed by atoms with van der Waals surface area (Å²) in [5.74, 6) is -1.03. The summed E-state index contributed by atoms with van der Waals surface area (Å²) in [7, 11) is 1.53. The standard InChI is InChI=1S/C28H23Cl2FN4O4.C28H24Cl2N4O4.C22H20Cl2N4O4.3CH4/c1-17-2-9-24-21(14-17)25(26(35(38)39)28(37)34(24)16-18-3-6-20(31)7-4-18)32-10-12-33(13-11-32)27(36)19-5-8-22(29)23(30)15-19;1-18-7-10-24-21(15-18)25(26(34(37)38)28(36)33(24)17-19-5-3-2-4-6-19)31-11-13-32(14-12-31)27(35)20-8-9-22(29)23(30)16-20;1-13-3-6-18-15(11-13)19(20(28(31)32)22(30)25(18)2)26-7-9-27(10-8-26)21(29)14-4-5-16(23)17(24)12-14;;;/h2-9,14-15H,10-13,16H2,1H3;2-10,15-16H,11-14,17H2,1H3;3-6,11-12H,7-10H2,1-2H3;3*1H4. The number of benzene rings is 8. The van der Waals surface area contributed by atoms with E-state index in [1.807, 2.05) is 103 Å². The summed E-state index contributed by atoms with van der Waals surface area (Å²) in [5, 5.41) is 40.3. The third-order valence-corrected chi connectivity index (χ3v) is 21.6. The van der Waals surface area contributed by atoms with Gasteiger partial charge in [0.15, 0.2) is 0 Å². The van der Waals surface area contributed by atoms with E-state index in [1.165, 1.54) is 51.1 Å². The topological polar surface area (TPSA) is 266 Å². The minimum Gasteiger partial charge on any atom is -0.362 e. The number of halogens is 7. The van der Waals surface area contributed by atoms with Crippen molar-refractivity contribution in [3.05, 3.63) is 306 Å². The highest BCUT2D eigenvalue weighted by molar-refractivity contribution is 6.43. The molecule has 3 aliphatic heterocycles. The number of pyridine rings is 3. The fourth-order valence-electron chi connectivity index (χ4n) is 13.9.